The molecule has 1 aromatic heterocycles. The summed E-state index contributed by atoms with van der Waals surface area (Å²) in [7, 11) is 0. The molecule has 0 bridgehead atoms. The fourth-order valence-electron chi connectivity index (χ4n) is 2.52. The lowest BCUT2D eigenvalue weighted by atomic mass is 9.70. The standard InChI is InChI=1S/C15H24N2O/c1-4-18-14-7-13(8-16-10-14)15-6-5-12(15)9-17-11(2)3/h7-8,10-12,15,17H,4-6,9H2,1-3H3. The van der Waals surface area contributed by atoms with Gasteiger partial charge in [0.25, 0.3) is 0 Å². The minimum absolute atomic E-state index is 0.569. The van der Waals surface area contributed by atoms with Crippen LogP contribution in [-0.2, 0) is 0 Å². The van der Waals surface area contributed by atoms with Crippen molar-refractivity contribution in [3.63, 3.8) is 0 Å². The fraction of sp³-hybridized carbons (Fsp3) is 0.667. The lowest BCUT2D eigenvalue weighted by molar-refractivity contribution is 0.239. The van der Waals surface area contributed by atoms with Crippen LogP contribution in [0.4, 0.5) is 0 Å². The average Bonchev–Trinajstić information content (AvgIpc) is 2.28. The van der Waals surface area contributed by atoms with E-state index in [0.29, 0.717) is 18.6 Å². The Bertz CT molecular complexity index is 379. The second-order valence-corrected chi connectivity index (χ2v) is 5.39. The first-order valence-electron chi connectivity index (χ1n) is 7.01. The van der Waals surface area contributed by atoms with Crippen molar-refractivity contribution in [3.05, 3.63) is 24.0 Å². The van der Waals surface area contributed by atoms with E-state index in [1.807, 2.05) is 13.1 Å². The number of rotatable bonds is 6. The van der Waals surface area contributed by atoms with Crippen LogP contribution in [0.2, 0.25) is 0 Å². The Labute approximate surface area is 110 Å². The van der Waals surface area contributed by atoms with E-state index < -0.39 is 0 Å². The number of pyridine rings is 1. The molecule has 2 unspecified atom stereocenters. The van der Waals surface area contributed by atoms with E-state index in [1.165, 1.54) is 18.4 Å². The van der Waals surface area contributed by atoms with Gasteiger partial charge in [0.1, 0.15) is 5.75 Å². The van der Waals surface area contributed by atoms with Crippen molar-refractivity contribution in [2.45, 2.75) is 45.6 Å². The molecule has 0 amide bonds. The number of ether oxygens (including phenoxy) is 1. The summed E-state index contributed by atoms with van der Waals surface area (Å²) in [5.74, 6) is 2.31. The molecule has 18 heavy (non-hydrogen) atoms. The first kappa shape index (κ1) is 13.3. The van der Waals surface area contributed by atoms with Gasteiger partial charge >= 0.3 is 0 Å². The maximum absolute atomic E-state index is 5.52. The zero-order chi connectivity index (χ0) is 13.0. The summed E-state index contributed by atoms with van der Waals surface area (Å²) in [4.78, 5) is 4.29. The molecule has 0 aliphatic heterocycles. The Morgan fingerprint density at radius 2 is 2.22 bits per heavy atom. The predicted molar refractivity (Wildman–Crippen MR) is 74.0 cm³/mol. The molecule has 0 aromatic carbocycles. The van der Waals surface area contributed by atoms with E-state index in [4.69, 9.17) is 4.74 Å². The molecule has 3 nitrogen and oxygen atoms in total. The lowest BCUT2D eigenvalue weighted by Crippen LogP contribution is -2.36. The van der Waals surface area contributed by atoms with Gasteiger partial charge in [0.15, 0.2) is 0 Å². The zero-order valence-electron chi connectivity index (χ0n) is 11.6. The predicted octanol–water partition coefficient (Wildman–Crippen LogP) is 2.97. The number of hydrogen-bond donors (Lipinski definition) is 1. The number of nitrogens with zero attached hydrogens (tertiary/aromatic N) is 1. The van der Waals surface area contributed by atoms with Crippen LogP contribution in [0.1, 0.15) is 45.1 Å². The van der Waals surface area contributed by atoms with E-state index in [-0.39, 0.29) is 0 Å². The van der Waals surface area contributed by atoms with E-state index in [2.05, 4.69) is 30.2 Å². The van der Waals surface area contributed by atoms with Gasteiger partial charge in [-0.2, -0.15) is 0 Å². The summed E-state index contributed by atoms with van der Waals surface area (Å²) < 4.78 is 5.52. The largest absolute Gasteiger partial charge is 0.492 e. The van der Waals surface area contributed by atoms with Crippen molar-refractivity contribution in [2.75, 3.05) is 13.2 Å². The molecule has 1 heterocycles. The number of nitrogens with one attached hydrogen (secondary N) is 1. The van der Waals surface area contributed by atoms with Crippen molar-refractivity contribution >= 4 is 0 Å². The third-order valence-electron chi connectivity index (χ3n) is 3.68. The molecule has 2 rings (SSSR count). The van der Waals surface area contributed by atoms with Crippen LogP contribution in [0.25, 0.3) is 0 Å². The molecular formula is C15H24N2O. The van der Waals surface area contributed by atoms with Gasteiger partial charge in [-0.25, -0.2) is 0 Å². The summed E-state index contributed by atoms with van der Waals surface area (Å²) in [6, 6.07) is 2.72. The lowest BCUT2D eigenvalue weighted by Gasteiger charge is -2.37. The van der Waals surface area contributed by atoms with Crippen molar-refractivity contribution in [1.82, 2.24) is 10.3 Å². The highest BCUT2D eigenvalue weighted by Crippen LogP contribution is 2.42. The molecule has 1 fully saturated rings. The van der Waals surface area contributed by atoms with Crippen LogP contribution < -0.4 is 10.1 Å². The maximum atomic E-state index is 5.52. The Kier molecular flexibility index (Phi) is 4.59. The highest BCUT2D eigenvalue weighted by Gasteiger charge is 2.32. The van der Waals surface area contributed by atoms with Crippen molar-refractivity contribution in [1.29, 1.82) is 0 Å². The molecular weight excluding hydrogens is 224 g/mol. The molecule has 1 saturated carbocycles. The first-order chi connectivity index (χ1) is 8.70. The molecule has 1 N–H and O–H groups in total. The summed E-state index contributed by atoms with van der Waals surface area (Å²) in [6.07, 6.45) is 6.40. The van der Waals surface area contributed by atoms with Gasteiger partial charge in [0.2, 0.25) is 0 Å². The van der Waals surface area contributed by atoms with Gasteiger partial charge in [0.05, 0.1) is 12.8 Å². The summed E-state index contributed by atoms with van der Waals surface area (Å²) in [5, 5.41) is 3.54. The fourth-order valence-corrected chi connectivity index (χ4v) is 2.52. The maximum Gasteiger partial charge on any atom is 0.137 e. The molecule has 0 spiro atoms. The first-order valence-corrected chi connectivity index (χ1v) is 7.01. The summed E-state index contributed by atoms with van der Waals surface area (Å²) in [6.45, 7) is 8.22. The third-order valence-corrected chi connectivity index (χ3v) is 3.68. The van der Waals surface area contributed by atoms with Crippen molar-refractivity contribution in [2.24, 2.45) is 5.92 Å². The minimum atomic E-state index is 0.569. The average molecular weight is 248 g/mol. The molecule has 1 aliphatic rings. The second-order valence-electron chi connectivity index (χ2n) is 5.39. The monoisotopic (exact) mass is 248 g/mol. The number of aromatic nitrogens is 1. The number of hydrogen-bond acceptors (Lipinski definition) is 3. The van der Waals surface area contributed by atoms with Gasteiger partial charge in [-0.05, 0) is 49.8 Å². The Hall–Kier alpha value is -1.09. The highest BCUT2D eigenvalue weighted by atomic mass is 16.5. The highest BCUT2D eigenvalue weighted by molar-refractivity contribution is 5.28. The minimum Gasteiger partial charge on any atom is -0.492 e. The van der Waals surface area contributed by atoms with Crippen molar-refractivity contribution in [3.8, 4) is 5.75 Å². The van der Waals surface area contributed by atoms with E-state index in [0.717, 1.165) is 18.2 Å². The van der Waals surface area contributed by atoms with Gasteiger partial charge in [0, 0.05) is 12.2 Å². The van der Waals surface area contributed by atoms with Gasteiger partial charge in [-0.1, -0.05) is 13.8 Å². The second kappa shape index (κ2) is 6.19. The SMILES string of the molecule is CCOc1cncc(C2CCC2CNC(C)C)c1. The molecule has 0 radical (unpaired) electrons. The van der Waals surface area contributed by atoms with Crippen LogP contribution in [0.15, 0.2) is 18.5 Å². The van der Waals surface area contributed by atoms with E-state index in [1.54, 1.807) is 6.20 Å². The Morgan fingerprint density at radius 3 is 2.83 bits per heavy atom. The molecule has 1 aliphatic carbocycles. The normalized spacial score (nSPS) is 22.9. The molecule has 3 heteroatoms. The molecule has 1 aromatic rings. The van der Waals surface area contributed by atoms with Crippen LogP contribution in [0, 0.1) is 5.92 Å². The van der Waals surface area contributed by atoms with Gasteiger partial charge < -0.3 is 10.1 Å². The Balaban J connectivity index is 1.96. The van der Waals surface area contributed by atoms with Gasteiger partial charge in [-0.3, -0.25) is 4.98 Å². The van der Waals surface area contributed by atoms with Crippen LogP contribution in [-0.4, -0.2) is 24.2 Å². The molecule has 0 saturated heterocycles. The smallest absolute Gasteiger partial charge is 0.137 e. The topological polar surface area (TPSA) is 34.1 Å². The summed E-state index contributed by atoms with van der Waals surface area (Å²) in [5.41, 5.74) is 1.34. The zero-order valence-corrected chi connectivity index (χ0v) is 11.6. The van der Waals surface area contributed by atoms with Crippen molar-refractivity contribution < 1.29 is 4.74 Å². The Morgan fingerprint density at radius 1 is 1.39 bits per heavy atom. The van der Waals surface area contributed by atoms with Crippen LogP contribution in [0.3, 0.4) is 0 Å². The molecule has 2 atom stereocenters. The van der Waals surface area contributed by atoms with Gasteiger partial charge in [-0.15, -0.1) is 0 Å². The van der Waals surface area contributed by atoms with Crippen LogP contribution >= 0.6 is 0 Å². The van der Waals surface area contributed by atoms with Crippen LogP contribution in [0.5, 0.6) is 5.75 Å². The van der Waals surface area contributed by atoms with E-state index >= 15 is 0 Å². The third kappa shape index (κ3) is 3.22. The molecule has 100 valence electrons. The van der Waals surface area contributed by atoms with E-state index in [9.17, 15) is 0 Å². The quantitative estimate of drug-likeness (QED) is 0.840. The summed E-state index contributed by atoms with van der Waals surface area (Å²) >= 11 is 0.